The number of nitrogens with zero attached hydrogens (tertiary/aromatic N) is 4. The lowest BCUT2D eigenvalue weighted by Crippen LogP contribution is -2.27. The average molecular weight is 541 g/mol. The molecule has 0 aliphatic heterocycles. The molecule has 2 heterocycles. The standard InChI is InChI=1S/C25H29N6O6P/c1-18(14-31-16-30-22-23(26)28-15-29-24(22)31)35-17-38(33,37-21-6-4-3-5-7-21)36-13-12-27-25(32)19-8-10-20(34-2)11-9-19/h3-11,15-16,18H,12-14,17H2,1-2H3,(H,27,32)(H2,26,28,29). The summed E-state index contributed by atoms with van der Waals surface area (Å²) in [5, 5.41) is 2.73. The Kier molecular flexibility index (Phi) is 8.90. The monoisotopic (exact) mass is 540 g/mol. The number of aromatic nitrogens is 4. The lowest BCUT2D eigenvalue weighted by Gasteiger charge is -2.22. The van der Waals surface area contributed by atoms with Crippen molar-refractivity contribution >= 4 is 30.5 Å². The van der Waals surface area contributed by atoms with Gasteiger partial charge < -0.3 is 29.6 Å². The van der Waals surface area contributed by atoms with E-state index in [1.165, 1.54) is 6.33 Å². The maximum Gasteiger partial charge on any atom is 0.404 e. The highest BCUT2D eigenvalue weighted by Gasteiger charge is 2.28. The molecule has 200 valence electrons. The zero-order valence-electron chi connectivity index (χ0n) is 21.0. The smallest absolute Gasteiger partial charge is 0.404 e. The molecule has 2 aromatic carbocycles. The number of amides is 1. The summed E-state index contributed by atoms with van der Waals surface area (Å²) >= 11 is 0. The number of hydrogen-bond donors (Lipinski definition) is 2. The van der Waals surface area contributed by atoms with Gasteiger partial charge in [0.15, 0.2) is 17.8 Å². The second kappa shape index (κ2) is 12.5. The van der Waals surface area contributed by atoms with E-state index in [4.69, 9.17) is 24.3 Å². The van der Waals surface area contributed by atoms with Crippen LogP contribution in [0, 0.1) is 0 Å². The Hall–Kier alpha value is -3.99. The minimum atomic E-state index is -3.74. The van der Waals surface area contributed by atoms with Gasteiger partial charge in [-0.1, -0.05) is 18.2 Å². The number of nitrogen functional groups attached to an aromatic ring is 1. The molecule has 1 amide bonds. The van der Waals surface area contributed by atoms with Gasteiger partial charge in [-0.2, -0.15) is 0 Å². The number of anilines is 1. The average Bonchev–Trinajstić information content (AvgIpc) is 3.34. The van der Waals surface area contributed by atoms with Crippen LogP contribution in [0.3, 0.4) is 0 Å². The van der Waals surface area contributed by atoms with Crippen LogP contribution in [0.2, 0.25) is 0 Å². The van der Waals surface area contributed by atoms with Crippen molar-refractivity contribution in [1.29, 1.82) is 0 Å². The number of nitrogens with one attached hydrogen (secondary N) is 1. The Morgan fingerprint density at radius 1 is 1.08 bits per heavy atom. The van der Waals surface area contributed by atoms with Crippen molar-refractivity contribution in [3.63, 3.8) is 0 Å². The largest absolute Gasteiger partial charge is 0.497 e. The summed E-state index contributed by atoms with van der Waals surface area (Å²) in [6.45, 7) is 2.26. The van der Waals surface area contributed by atoms with E-state index in [0.29, 0.717) is 34.8 Å². The number of nitrogens with two attached hydrogens (primary N) is 1. The van der Waals surface area contributed by atoms with Crippen molar-refractivity contribution in [1.82, 2.24) is 24.8 Å². The van der Waals surface area contributed by atoms with Gasteiger partial charge in [-0.25, -0.2) is 19.5 Å². The number of para-hydroxylation sites is 1. The predicted octanol–water partition coefficient (Wildman–Crippen LogP) is 3.50. The van der Waals surface area contributed by atoms with Gasteiger partial charge in [-0.05, 0) is 43.3 Å². The van der Waals surface area contributed by atoms with E-state index in [9.17, 15) is 9.36 Å². The summed E-state index contributed by atoms with van der Waals surface area (Å²) < 4.78 is 37.7. The number of carbonyl (C=O) groups excluding carboxylic acids is 1. The zero-order chi connectivity index (χ0) is 27.0. The molecule has 0 bridgehead atoms. The van der Waals surface area contributed by atoms with Gasteiger partial charge in [0.1, 0.15) is 23.3 Å². The molecule has 0 radical (unpaired) electrons. The van der Waals surface area contributed by atoms with Crippen LogP contribution >= 0.6 is 7.60 Å². The van der Waals surface area contributed by atoms with Gasteiger partial charge in [-0.15, -0.1) is 0 Å². The molecule has 0 aliphatic rings. The number of rotatable bonds is 13. The Balaban J connectivity index is 1.34. The second-order valence-corrected chi connectivity index (χ2v) is 10.2. The summed E-state index contributed by atoms with van der Waals surface area (Å²) in [5.74, 6) is 1.02. The van der Waals surface area contributed by atoms with Crippen LogP contribution in [-0.4, -0.2) is 58.1 Å². The summed E-state index contributed by atoms with van der Waals surface area (Å²) in [5.41, 5.74) is 7.38. The van der Waals surface area contributed by atoms with Gasteiger partial charge in [0.2, 0.25) is 0 Å². The minimum absolute atomic E-state index is 0.0495. The van der Waals surface area contributed by atoms with E-state index < -0.39 is 13.7 Å². The lowest BCUT2D eigenvalue weighted by atomic mass is 10.2. The third kappa shape index (κ3) is 7.06. The van der Waals surface area contributed by atoms with Crippen molar-refractivity contribution in [2.45, 2.75) is 19.6 Å². The first-order chi connectivity index (χ1) is 18.4. The van der Waals surface area contributed by atoms with Crippen LogP contribution < -0.4 is 20.3 Å². The molecule has 38 heavy (non-hydrogen) atoms. The van der Waals surface area contributed by atoms with Crippen LogP contribution in [0.5, 0.6) is 11.5 Å². The van der Waals surface area contributed by atoms with Crippen molar-refractivity contribution in [2.24, 2.45) is 0 Å². The molecule has 2 aromatic heterocycles. The fraction of sp³-hybridized carbons (Fsp3) is 0.280. The molecule has 12 nitrogen and oxygen atoms in total. The summed E-state index contributed by atoms with van der Waals surface area (Å²) in [6, 6.07) is 15.4. The predicted molar refractivity (Wildman–Crippen MR) is 141 cm³/mol. The van der Waals surface area contributed by atoms with Crippen molar-refractivity contribution in [2.75, 3.05) is 32.3 Å². The summed E-state index contributed by atoms with van der Waals surface area (Å²) in [6.07, 6.45) is 2.26. The van der Waals surface area contributed by atoms with Gasteiger partial charge in [-0.3, -0.25) is 9.32 Å². The number of methoxy groups -OCH3 is 1. The van der Waals surface area contributed by atoms with E-state index in [-0.39, 0.29) is 31.2 Å². The van der Waals surface area contributed by atoms with Gasteiger partial charge in [0.25, 0.3) is 5.91 Å². The van der Waals surface area contributed by atoms with E-state index in [1.807, 2.05) is 13.0 Å². The van der Waals surface area contributed by atoms with E-state index in [1.54, 1.807) is 66.5 Å². The molecule has 2 unspecified atom stereocenters. The van der Waals surface area contributed by atoms with E-state index in [2.05, 4.69) is 20.3 Å². The highest BCUT2D eigenvalue weighted by atomic mass is 31.2. The Labute approximate surface area is 219 Å². The van der Waals surface area contributed by atoms with Gasteiger partial charge in [0, 0.05) is 12.1 Å². The van der Waals surface area contributed by atoms with Crippen LogP contribution in [0.4, 0.5) is 5.82 Å². The van der Waals surface area contributed by atoms with Crippen LogP contribution in [0.15, 0.2) is 67.3 Å². The Morgan fingerprint density at radius 2 is 1.84 bits per heavy atom. The van der Waals surface area contributed by atoms with Gasteiger partial charge in [0.05, 0.1) is 32.7 Å². The zero-order valence-corrected chi connectivity index (χ0v) is 21.9. The molecule has 2 atom stereocenters. The molecular formula is C25H29N6O6P. The number of imidazole rings is 1. The maximum atomic E-state index is 13.6. The van der Waals surface area contributed by atoms with Crippen LogP contribution in [0.1, 0.15) is 17.3 Å². The molecule has 0 aliphatic carbocycles. The number of hydrogen-bond acceptors (Lipinski definition) is 10. The molecule has 0 fully saturated rings. The van der Waals surface area contributed by atoms with Crippen molar-refractivity contribution in [3.8, 4) is 11.5 Å². The molecule has 0 saturated heterocycles. The molecule has 4 rings (SSSR count). The third-order valence-corrected chi connectivity index (χ3v) is 6.95. The van der Waals surface area contributed by atoms with E-state index in [0.717, 1.165) is 0 Å². The molecule has 0 spiro atoms. The van der Waals surface area contributed by atoms with Gasteiger partial charge >= 0.3 is 7.60 Å². The second-order valence-electron chi connectivity index (χ2n) is 8.27. The lowest BCUT2D eigenvalue weighted by molar-refractivity contribution is 0.0726. The molecular weight excluding hydrogens is 511 g/mol. The molecule has 0 saturated carbocycles. The third-order valence-electron chi connectivity index (χ3n) is 5.42. The highest BCUT2D eigenvalue weighted by Crippen LogP contribution is 2.48. The Bertz CT molecular complexity index is 1400. The van der Waals surface area contributed by atoms with Crippen molar-refractivity contribution in [3.05, 3.63) is 72.8 Å². The topological polar surface area (TPSA) is 153 Å². The summed E-state index contributed by atoms with van der Waals surface area (Å²) in [7, 11) is -2.19. The number of ether oxygens (including phenoxy) is 2. The number of benzene rings is 2. The van der Waals surface area contributed by atoms with Crippen molar-refractivity contribution < 1.29 is 27.9 Å². The maximum absolute atomic E-state index is 13.6. The molecule has 4 aromatic rings. The SMILES string of the molecule is COc1ccc(C(=O)NCCOP(=O)(COC(C)Cn2cnc3c(N)ncnc32)Oc2ccccc2)cc1. The number of carbonyl (C=O) groups is 1. The number of fused-ring (bicyclic) bond motifs is 1. The fourth-order valence-corrected chi connectivity index (χ4v) is 4.94. The van der Waals surface area contributed by atoms with E-state index >= 15 is 0 Å². The first-order valence-electron chi connectivity index (χ1n) is 11.8. The highest BCUT2D eigenvalue weighted by molar-refractivity contribution is 7.54. The normalized spacial score (nSPS) is 13.5. The molecule has 3 N–H and O–H groups in total. The first-order valence-corrected chi connectivity index (χ1v) is 13.5. The molecule has 13 heteroatoms. The fourth-order valence-electron chi connectivity index (χ4n) is 3.51. The van der Waals surface area contributed by atoms with Crippen LogP contribution in [0.25, 0.3) is 11.2 Å². The van der Waals surface area contributed by atoms with Crippen LogP contribution in [-0.2, 0) is 20.4 Å². The Morgan fingerprint density at radius 3 is 2.58 bits per heavy atom. The summed E-state index contributed by atoms with van der Waals surface area (Å²) in [4.78, 5) is 24.8. The quantitative estimate of drug-likeness (QED) is 0.190. The minimum Gasteiger partial charge on any atom is -0.497 e. The first kappa shape index (κ1) is 27.1.